The molecule has 2 rings (SSSR count). The van der Waals surface area contributed by atoms with Gasteiger partial charge >= 0.3 is 0 Å². The number of hydrogen-bond acceptors (Lipinski definition) is 3. The topological polar surface area (TPSA) is 64.7 Å². The van der Waals surface area contributed by atoms with Crippen LogP contribution in [0.3, 0.4) is 0 Å². The van der Waals surface area contributed by atoms with E-state index in [4.69, 9.17) is 5.10 Å². The van der Waals surface area contributed by atoms with Gasteiger partial charge in [-0.3, -0.25) is 9.48 Å². The largest absolute Gasteiger partial charge is 0.311 e. The number of carbonyl (C=O) groups is 1. The highest BCUT2D eigenvalue weighted by molar-refractivity contribution is 5.91. The van der Waals surface area contributed by atoms with Gasteiger partial charge in [-0.2, -0.15) is 10.2 Å². The molecular weight excluding hydrogens is 350 g/mol. The van der Waals surface area contributed by atoms with Crippen LogP contribution in [0.5, 0.6) is 0 Å². The van der Waals surface area contributed by atoms with Crippen LogP contribution in [-0.2, 0) is 28.7 Å². The Hall–Kier alpha value is -2.11. The zero-order valence-corrected chi connectivity index (χ0v) is 19.3. The number of amides is 1. The summed E-state index contributed by atoms with van der Waals surface area (Å²) in [7, 11) is 0. The minimum Gasteiger partial charge on any atom is -0.311 e. The molecule has 0 atom stereocenters. The Morgan fingerprint density at radius 2 is 1.71 bits per heavy atom. The molecule has 1 amide bonds. The molecule has 0 bridgehead atoms. The maximum absolute atomic E-state index is 12.9. The van der Waals surface area contributed by atoms with Crippen LogP contribution in [0.25, 0.3) is 0 Å². The summed E-state index contributed by atoms with van der Waals surface area (Å²) in [4.78, 5) is 12.9. The minimum absolute atomic E-state index is 0.0406. The number of nitrogens with zero attached hydrogens (tertiary/aromatic N) is 4. The van der Waals surface area contributed by atoms with Crippen molar-refractivity contribution in [2.75, 3.05) is 5.32 Å². The van der Waals surface area contributed by atoms with E-state index in [1.165, 1.54) is 0 Å². The van der Waals surface area contributed by atoms with Crippen molar-refractivity contribution in [1.29, 1.82) is 0 Å². The molecule has 0 aliphatic carbocycles. The molecule has 0 saturated carbocycles. The number of carbonyl (C=O) groups excluding carboxylic acids is 1. The van der Waals surface area contributed by atoms with E-state index in [0.717, 1.165) is 35.0 Å². The second kappa shape index (κ2) is 7.72. The molecule has 0 saturated heterocycles. The molecule has 2 aromatic rings. The van der Waals surface area contributed by atoms with Gasteiger partial charge in [0.2, 0.25) is 5.91 Å². The zero-order valence-electron chi connectivity index (χ0n) is 19.3. The summed E-state index contributed by atoms with van der Waals surface area (Å²) >= 11 is 0. The zero-order chi connectivity index (χ0) is 21.4. The van der Waals surface area contributed by atoms with Gasteiger partial charge in [-0.05, 0) is 40.5 Å². The Balaban J connectivity index is 2.27. The molecule has 156 valence electrons. The minimum atomic E-state index is -0.222. The third-order valence-electron chi connectivity index (χ3n) is 4.79. The number of aromatic nitrogens is 4. The van der Waals surface area contributed by atoms with Crippen LogP contribution in [0.15, 0.2) is 6.07 Å². The van der Waals surface area contributed by atoms with Gasteiger partial charge in [0.1, 0.15) is 5.82 Å². The van der Waals surface area contributed by atoms with Gasteiger partial charge in [-0.25, -0.2) is 4.68 Å². The monoisotopic (exact) mass is 387 g/mol. The molecule has 2 heterocycles. The van der Waals surface area contributed by atoms with Crippen molar-refractivity contribution in [3.8, 4) is 0 Å². The number of anilines is 1. The highest BCUT2D eigenvalue weighted by Crippen LogP contribution is 2.28. The van der Waals surface area contributed by atoms with Crippen LogP contribution in [-0.4, -0.2) is 25.5 Å². The van der Waals surface area contributed by atoms with E-state index in [1.54, 1.807) is 0 Å². The fourth-order valence-electron chi connectivity index (χ4n) is 3.21. The molecule has 0 aliphatic rings. The first kappa shape index (κ1) is 22.2. The lowest BCUT2D eigenvalue weighted by molar-refractivity contribution is -0.115. The quantitative estimate of drug-likeness (QED) is 0.816. The van der Waals surface area contributed by atoms with Crippen LogP contribution in [0, 0.1) is 19.8 Å². The van der Waals surface area contributed by atoms with E-state index in [0.29, 0.717) is 12.3 Å². The maximum Gasteiger partial charge on any atom is 0.230 e. The van der Waals surface area contributed by atoms with Gasteiger partial charge in [0.05, 0.1) is 23.3 Å². The van der Waals surface area contributed by atoms with E-state index in [-0.39, 0.29) is 16.9 Å². The van der Waals surface area contributed by atoms with Crippen LogP contribution >= 0.6 is 0 Å². The Morgan fingerprint density at radius 3 is 2.21 bits per heavy atom. The summed E-state index contributed by atoms with van der Waals surface area (Å²) in [6.45, 7) is 21.9. The summed E-state index contributed by atoms with van der Waals surface area (Å²) in [6.07, 6.45) is 0.315. The average Bonchev–Trinajstić information content (AvgIpc) is 3.04. The molecule has 1 N–H and O–H groups in total. The average molecular weight is 388 g/mol. The predicted molar refractivity (Wildman–Crippen MR) is 115 cm³/mol. The Labute approximate surface area is 169 Å². The van der Waals surface area contributed by atoms with Crippen LogP contribution < -0.4 is 5.32 Å². The number of nitrogens with one attached hydrogen (secondary N) is 1. The van der Waals surface area contributed by atoms with E-state index in [2.05, 4.69) is 65.8 Å². The maximum atomic E-state index is 12.9. The van der Waals surface area contributed by atoms with Crippen molar-refractivity contribution in [1.82, 2.24) is 19.6 Å². The lowest BCUT2D eigenvalue weighted by Crippen LogP contribution is -2.27. The molecule has 6 nitrogen and oxygen atoms in total. The van der Waals surface area contributed by atoms with Gasteiger partial charge in [0.25, 0.3) is 0 Å². The molecule has 0 spiro atoms. The van der Waals surface area contributed by atoms with Gasteiger partial charge in [-0.1, -0.05) is 34.6 Å². The van der Waals surface area contributed by atoms with E-state index >= 15 is 0 Å². The SMILES string of the molecule is Cc1nn(CC(C)C)c(C)c1CC(=O)Nc1cc(C(C)(C)C)nn1C(C)(C)C. The first-order chi connectivity index (χ1) is 12.7. The standard InChI is InChI=1S/C22H37N5O/c1-14(2)13-26-16(4)17(15(3)24-26)11-20(28)23-19-12-18(21(5,6)7)25-27(19)22(8,9)10/h12,14H,11,13H2,1-10H3,(H,23,28). The molecule has 28 heavy (non-hydrogen) atoms. The van der Waals surface area contributed by atoms with Crippen molar-refractivity contribution < 1.29 is 4.79 Å². The fraction of sp³-hybridized carbons (Fsp3) is 0.682. The highest BCUT2D eigenvalue weighted by Gasteiger charge is 2.26. The van der Waals surface area contributed by atoms with Gasteiger partial charge in [0, 0.05) is 29.3 Å². The first-order valence-corrected chi connectivity index (χ1v) is 10.1. The lowest BCUT2D eigenvalue weighted by Gasteiger charge is -2.23. The second-order valence-corrected chi connectivity index (χ2v) is 10.2. The number of rotatable bonds is 5. The molecule has 0 unspecified atom stereocenters. The summed E-state index contributed by atoms with van der Waals surface area (Å²) in [5, 5.41) is 12.5. The molecule has 0 radical (unpaired) electrons. The smallest absolute Gasteiger partial charge is 0.230 e. The lowest BCUT2D eigenvalue weighted by atomic mass is 9.92. The van der Waals surface area contributed by atoms with Crippen LogP contribution in [0.2, 0.25) is 0 Å². The first-order valence-electron chi connectivity index (χ1n) is 10.1. The Morgan fingerprint density at radius 1 is 1.11 bits per heavy atom. The van der Waals surface area contributed by atoms with E-state index in [9.17, 15) is 4.79 Å². The summed E-state index contributed by atoms with van der Waals surface area (Å²) in [6, 6.07) is 1.99. The Kier molecular flexibility index (Phi) is 6.12. The van der Waals surface area contributed by atoms with E-state index < -0.39 is 0 Å². The van der Waals surface area contributed by atoms with Crippen LogP contribution in [0.1, 0.15) is 78.0 Å². The predicted octanol–water partition coefficient (Wildman–Crippen LogP) is 4.59. The molecule has 0 aromatic carbocycles. The molecule has 0 fully saturated rings. The van der Waals surface area contributed by atoms with Crippen LogP contribution in [0.4, 0.5) is 5.82 Å². The van der Waals surface area contributed by atoms with Crippen molar-refractivity contribution in [2.45, 2.75) is 93.2 Å². The molecule has 0 aliphatic heterocycles. The van der Waals surface area contributed by atoms with Gasteiger partial charge in [-0.15, -0.1) is 0 Å². The highest BCUT2D eigenvalue weighted by atomic mass is 16.1. The van der Waals surface area contributed by atoms with E-state index in [1.807, 2.05) is 29.3 Å². The van der Waals surface area contributed by atoms with Gasteiger partial charge < -0.3 is 5.32 Å². The third kappa shape index (κ3) is 5.03. The summed E-state index contributed by atoms with van der Waals surface area (Å²) < 4.78 is 3.92. The number of hydrogen-bond donors (Lipinski definition) is 1. The number of aryl methyl sites for hydroxylation is 1. The van der Waals surface area contributed by atoms with Crippen molar-refractivity contribution in [3.63, 3.8) is 0 Å². The normalized spacial score (nSPS) is 12.7. The second-order valence-electron chi connectivity index (χ2n) is 10.2. The molecule has 2 aromatic heterocycles. The van der Waals surface area contributed by atoms with Gasteiger partial charge in [0.15, 0.2) is 0 Å². The third-order valence-corrected chi connectivity index (χ3v) is 4.79. The van der Waals surface area contributed by atoms with Crippen molar-refractivity contribution in [2.24, 2.45) is 5.92 Å². The Bertz CT molecular complexity index is 844. The molecule has 6 heteroatoms. The van der Waals surface area contributed by atoms with Crippen molar-refractivity contribution in [3.05, 3.63) is 28.7 Å². The van der Waals surface area contributed by atoms with Crippen molar-refractivity contribution >= 4 is 11.7 Å². The fourth-order valence-corrected chi connectivity index (χ4v) is 3.21. The molecular formula is C22H37N5O. The summed E-state index contributed by atoms with van der Waals surface area (Å²) in [5.74, 6) is 1.21. The summed E-state index contributed by atoms with van der Waals surface area (Å²) in [5.41, 5.74) is 3.67.